The maximum absolute atomic E-state index is 7.52. The van der Waals surface area contributed by atoms with Crippen LogP contribution in [0.2, 0.25) is 0 Å². The Morgan fingerprint density at radius 2 is 1.38 bits per heavy atom. The normalized spacial score (nSPS) is 12.5. The Bertz CT molecular complexity index is 2180. The minimum Gasteiger partial charge on any atom is -0.394 e. The van der Waals surface area contributed by atoms with Crippen LogP contribution in [0.4, 0.5) is 5.95 Å². The van der Waals surface area contributed by atoms with Crippen molar-refractivity contribution >= 4 is 67.5 Å². The molecule has 1 aliphatic heterocycles. The summed E-state index contributed by atoms with van der Waals surface area (Å²) in [5.74, 6) is 0.169. The molecule has 0 radical (unpaired) electrons. The van der Waals surface area contributed by atoms with Gasteiger partial charge < -0.3 is 9.32 Å². The molecule has 8 rings (SSSR count). The third-order valence-corrected chi connectivity index (χ3v) is 8.34. The van der Waals surface area contributed by atoms with Crippen molar-refractivity contribution in [2.45, 2.75) is 27.7 Å². The molecule has 3 aromatic heterocycles. The van der Waals surface area contributed by atoms with Crippen LogP contribution in [0, 0.1) is 34.3 Å². The van der Waals surface area contributed by atoms with E-state index in [1.54, 1.807) is 0 Å². The molecular formula is C33H24BN5. The Labute approximate surface area is 226 Å². The molecule has 0 aliphatic carbocycles. The molecular weight excluding hydrogens is 477 g/mol. The molecule has 5 nitrogen and oxygen atoms in total. The molecule has 0 bridgehead atoms. The van der Waals surface area contributed by atoms with E-state index < -0.39 is 0 Å². The fraction of sp³-hybridized carbons (Fsp3) is 0.121. The van der Waals surface area contributed by atoms with Crippen LogP contribution < -0.4 is 10.9 Å². The summed E-state index contributed by atoms with van der Waals surface area (Å²) in [6.45, 7) is 16.3. The number of hydrogen-bond acceptors (Lipinski definition) is 2. The van der Waals surface area contributed by atoms with Gasteiger partial charge in [0.05, 0.1) is 17.1 Å². The van der Waals surface area contributed by atoms with Crippen molar-refractivity contribution in [3.8, 4) is 5.69 Å². The lowest BCUT2D eigenvalue weighted by molar-refractivity contribution is 1.12. The minimum absolute atomic E-state index is 0.0298. The van der Waals surface area contributed by atoms with E-state index in [1.165, 1.54) is 55.0 Å². The van der Waals surface area contributed by atoms with E-state index in [0.717, 1.165) is 27.6 Å². The second kappa shape index (κ2) is 7.58. The molecule has 0 saturated heterocycles. The van der Waals surface area contributed by atoms with Crippen molar-refractivity contribution in [2.24, 2.45) is 0 Å². The number of para-hydroxylation sites is 2. The number of rotatable bonds is 1. The van der Waals surface area contributed by atoms with Crippen molar-refractivity contribution in [2.75, 3.05) is 0 Å². The molecule has 0 saturated carbocycles. The van der Waals surface area contributed by atoms with E-state index in [4.69, 9.17) is 11.6 Å². The lowest BCUT2D eigenvalue weighted by Crippen LogP contribution is -2.53. The molecule has 184 valence electrons. The van der Waals surface area contributed by atoms with Crippen LogP contribution in [0.25, 0.3) is 54.3 Å². The average Bonchev–Trinajstić information content (AvgIpc) is 3.43. The third kappa shape index (κ3) is 2.79. The summed E-state index contributed by atoms with van der Waals surface area (Å²) in [4.78, 5) is 12.6. The Kier molecular flexibility index (Phi) is 4.30. The number of aryl methyl sites for hydroxylation is 4. The summed E-state index contributed by atoms with van der Waals surface area (Å²) in [5.41, 5.74) is 13.1. The number of benzene rings is 4. The maximum Gasteiger partial charge on any atom is 0.373 e. The first kappa shape index (κ1) is 22.1. The summed E-state index contributed by atoms with van der Waals surface area (Å²) in [5, 5.41) is 4.69. The van der Waals surface area contributed by atoms with Gasteiger partial charge in [0.15, 0.2) is 0 Å². The zero-order valence-corrected chi connectivity index (χ0v) is 22.2. The molecule has 0 fully saturated rings. The number of hydrogen-bond donors (Lipinski definition) is 0. The van der Waals surface area contributed by atoms with Gasteiger partial charge in [-0.25, -0.2) is 0 Å². The topological polar surface area (TPSA) is 40.0 Å². The largest absolute Gasteiger partial charge is 0.394 e. The first-order chi connectivity index (χ1) is 19.0. The van der Waals surface area contributed by atoms with Gasteiger partial charge in [-0.3, -0.25) is 4.57 Å². The molecule has 0 amide bonds. The quantitative estimate of drug-likeness (QED) is 0.192. The summed E-state index contributed by atoms with van der Waals surface area (Å²) in [7, 11) is 0. The van der Waals surface area contributed by atoms with Gasteiger partial charge in [0, 0.05) is 32.9 Å². The molecule has 0 spiro atoms. The molecule has 4 heterocycles. The number of fused-ring (bicyclic) bond motifs is 8. The number of aromatic nitrogens is 4. The Balaban J connectivity index is 1.61. The number of nitrogens with zero attached hydrogens (tertiary/aromatic N) is 5. The molecule has 0 unspecified atom stereocenters. The second-order valence-electron chi connectivity index (χ2n) is 10.9. The van der Waals surface area contributed by atoms with E-state index in [0.29, 0.717) is 0 Å². The van der Waals surface area contributed by atoms with E-state index in [-0.39, 0.29) is 12.8 Å². The average molecular weight is 501 g/mol. The molecule has 1 aliphatic rings. The van der Waals surface area contributed by atoms with Gasteiger partial charge in [-0.15, -0.1) is 11.6 Å². The van der Waals surface area contributed by atoms with E-state index in [9.17, 15) is 0 Å². The predicted octanol–water partition coefficient (Wildman–Crippen LogP) is 6.43. The molecule has 0 N–H and O–H groups in total. The van der Waals surface area contributed by atoms with Crippen LogP contribution in [-0.4, -0.2) is 25.9 Å². The molecule has 7 aromatic rings. The van der Waals surface area contributed by atoms with Crippen LogP contribution in [0.1, 0.15) is 22.3 Å². The Morgan fingerprint density at radius 3 is 2.08 bits per heavy atom. The highest BCUT2D eigenvalue weighted by Crippen LogP contribution is 2.38. The summed E-state index contributed by atoms with van der Waals surface area (Å²) >= 11 is 0. The van der Waals surface area contributed by atoms with Crippen LogP contribution in [0.5, 0.6) is 0 Å². The monoisotopic (exact) mass is 501 g/mol. The van der Waals surface area contributed by atoms with Crippen LogP contribution in [0.15, 0.2) is 72.9 Å². The van der Waals surface area contributed by atoms with E-state index in [2.05, 4.69) is 113 Å². The molecule has 39 heavy (non-hydrogen) atoms. The van der Waals surface area contributed by atoms with E-state index in [1.807, 2.05) is 6.20 Å². The SMILES string of the molecule is [C-]#[N+]c1ncc2c3cccc4c3n(c2n1)-c1ccccc1B4n1c2c(C)cc(C)cc2c2cc(C)cc(C)c21. The highest BCUT2D eigenvalue weighted by atomic mass is 15.1. The zero-order valence-electron chi connectivity index (χ0n) is 22.2. The Morgan fingerprint density at radius 1 is 0.718 bits per heavy atom. The van der Waals surface area contributed by atoms with Crippen molar-refractivity contribution < 1.29 is 0 Å². The van der Waals surface area contributed by atoms with Crippen molar-refractivity contribution in [3.05, 3.63) is 107 Å². The van der Waals surface area contributed by atoms with E-state index >= 15 is 0 Å². The van der Waals surface area contributed by atoms with Crippen molar-refractivity contribution in [1.82, 2.24) is 19.0 Å². The summed E-state index contributed by atoms with van der Waals surface area (Å²) in [6.07, 6.45) is 1.81. The third-order valence-electron chi connectivity index (χ3n) is 8.34. The highest BCUT2D eigenvalue weighted by Gasteiger charge is 2.37. The van der Waals surface area contributed by atoms with Crippen molar-refractivity contribution in [1.29, 1.82) is 0 Å². The first-order valence-corrected chi connectivity index (χ1v) is 13.2. The fourth-order valence-electron chi connectivity index (χ4n) is 7.08. The van der Waals surface area contributed by atoms with Gasteiger partial charge in [0.2, 0.25) is 5.65 Å². The van der Waals surface area contributed by atoms with Gasteiger partial charge in [-0.2, -0.15) is 4.98 Å². The lowest BCUT2D eigenvalue weighted by atomic mass is 9.48. The van der Waals surface area contributed by atoms with Gasteiger partial charge >= 0.3 is 12.8 Å². The van der Waals surface area contributed by atoms with Gasteiger partial charge in [0.25, 0.3) is 0 Å². The summed E-state index contributed by atoms with van der Waals surface area (Å²) in [6, 6.07) is 24.5. The second-order valence-corrected chi connectivity index (χ2v) is 10.9. The lowest BCUT2D eigenvalue weighted by Gasteiger charge is -2.28. The molecule has 0 atom stereocenters. The smallest absolute Gasteiger partial charge is 0.373 e. The molecule has 4 aromatic carbocycles. The van der Waals surface area contributed by atoms with Crippen molar-refractivity contribution in [3.63, 3.8) is 0 Å². The van der Waals surface area contributed by atoms with Gasteiger partial charge in [-0.05, 0) is 67.9 Å². The predicted molar refractivity (Wildman–Crippen MR) is 161 cm³/mol. The minimum atomic E-state index is -0.0298. The van der Waals surface area contributed by atoms with Gasteiger partial charge in [0.1, 0.15) is 0 Å². The van der Waals surface area contributed by atoms with Crippen LogP contribution >= 0.6 is 0 Å². The van der Waals surface area contributed by atoms with Crippen LogP contribution in [-0.2, 0) is 0 Å². The standard InChI is InChI=1S/C33H24BN5/c1-18-13-20(3)29-23(15-18)24-16-19(2)14-21(4)30(24)39(29)34-26-10-6-7-12-28(26)38-31-22(9-8-11-27(31)34)25-17-36-33(35-5)37-32(25)38/h6-17H,1-4H3. The van der Waals surface area contributed by atoms with Crippen LogP contribution in [0.3, 0.4) is 0 Å². The van der Waals surface area contributed by atoms with Gasteiger partial charge in [-0.1, -0.05) is 59.7 Å². The zero-order chi connectivity index (χ0) is 26.6. The molecule has 6 heteroatoms. The first-order valence-electron chi connectivity index (χ1n) is 13.2. The maximum atomic E-state index is 7.52. The summed E-state index contributed by atoms with van der Waals surface area (Å²) < 4.78 is 4.82. The highest BCUT2D eigenvalue weighted by molar-refractivity contribution is 6.88. The fourth-order valence-corrected chi connectivity index (χ4v) is 7.08. The Hall–Kier alpha value is -4.89.